The molecule has 1 aromatic carbocycles. The van der Waals surface area contributed by atoms with Crippen LogP contribution in [0.15, 0.2) is 41.8 Å². The Bertz CT molecular complexity index is 1010. The van der Waals surface area contributed by atoms with Gasteiger partial charge < -0.3 is 10.6 Å². The van der Waals surface area contributed by atoms with Crippen LogP contribution in [0, 0.1) is 5.92 Å². The van der Waals surface area contributed by atoms with Crippen molar-refractivity contribution >= 4 is 56.8 Å². The normalized spacial score (nSPS) is 15.7. The highest BCUT2D eigenvalue weighted by atomic mass is 35.5. The number of thiophene rings is 2. The molecule has 1 atom stereocenters. The van der Waals surface area contributed by atoms with Gasteiger partial charge >= 0.3 is 0 Å². The van der Waals surface area contributed by atoms with E-state index in [0.29, 0.717) is 32.1 Å². The summed E-state index contributed by atoms with van der Waals surface area (Å²) in [5.74, 6) is 0.206. The third-order valence-electron chi connectivity index (χ3n) is 4.81. The van der Waals surface area contributed by atoms with Crippen molar-refractivity contribution in [2.75, 3.05) is 10.6 Å². The van der Waals surface area contributed by atoms with E-state index in [0.717, 1.165) is 24.8 Å². The fraction of sp³-hybridized carbons (Fsp3) is 0.238. The molecular weight excluding hydrogens is 412 g/mol. The Morgan fingerprint density at radius 2 is 1.89 bits per heavy atom. The first kappa shape index (κ1) is 19.2. The highest BCUT2D eigenvalue weighted by Gasteiger charge is 2.28. The summed E-state index contributed by atoms with van der Waals surface area (Å²) in [6, 6.07) is 10.6. The van der Waals surface area contributed by atoms with Gasteiger partial charge in [-0.25, -0.2) is 0 Å². The van der Waals surface area contributed by atoms with E-state index in [1.54, 1.807) is 30.3 Å². The van der Waals surface area contributed by atoms with E-state index in [1.807, 2.05) is 11.4 Å². The molecule has 0 fully saturated rings. The fourth-order valence-corrected chi connectivity index (χ4v) is 5.53. The first-order chi connectivity index (χ1) is 13.5. The summed E-state index contributed by atoms with van der Waals surface area (Å²) in [4.78, 5) is 27.5. The molecular formula is C21H19ClN2O2S2. The van der Waals surface area contributed by atoms with Crippen LogP contribution in [0.3, 0.4) is 0 Å². The smallest absolute Gasteiger partial charge is 0.266 e. The molecule has 0 aliphatic heterocycles. The van der Waals surface area contributed by atoms with Crippen LogP contribution in [0.4, 0.5) is 10.7 Å². The van der Waals surface area contributed by atoms with Gasteiger partial charge in [-0.15, -0.1) is 22.7 Å². The molecule has 2 aromatic heterocycles. The lowest BCUT2D eigenvalue weighted by atomic mass is 9.88. The second-order valence-electron chi connectivity index (χ2n) is 6.95. The molecule has 0 bridgehead atoms. The predicted octanol–water partition coefficient (Wildman–Crippen LogP) is 6.09. The second kappa shape index (κ2) is 8.07. The van der Waals surface area contributed by atoms with Gasteiger partial charge in [-0.3, -0.25) is 9.59 Å². The lowest BCUT2D eigenvalue weighted by Crippen LogP contribution is -2.19. The zero-order valence-corrected chi connectivity index (χ0v) is 17.6. The Kier molecular flexibility index (Phi) is 5.53. The second-order valence-corrected chi connectivity index (χ2v) is 9.44. The van der Waals surface area contributed by atoms with Crippen molar-refractivity contribution < 1.29 is 9.59 Å². The largest absolute Gasteiger partial charge is 0.322 e. The molecule has 7 heteroatoms. The third kappa shape index (κ3) is 3.99. The molecule has 0 saturated carbocycles. The van der Waals surface area contributed by atoms with Crippen LogP contribution < -0.4 is 10.6 Å². The lowest BCUT2D eigenvalue weighted by molar-refractivity contribution is 0.102. The van der Waals surface area contributed by atoms with Crippen LogP contribution in [-0.2, 0) is 12.8 Å². The molecule has 0 spiro atoms. The summed E-state index contributed by atoms with van der Waals surface area (Å²) in [5.41, 5.74) is 2.33. The first-order valence-electron chi connectivity index (χ1n) is 9.07. The van der Waals surface area contributed by atoms with E-state index in [1.165, 1.54) is 27.6 Å². The molecule has 0 saturated heterocycles. The zero-order chi connectivity index (χ0) is 19.7. The predicted molar refractivity (Wildman–Crippen MR) is 117 cm³/mol. The monoisotopic (exact) mass is 430 g/mol. The van der Waals surface area contributed by atoms with Gasteiger partial charge in [0.05, 0.1) is 10.4 Å². The Balaban J connectivity index is 1.66. The Labute approximate surface area is 176 Å². The molecule has 2 heterocycles. The van der Waals surface area contributed by atoms with Crippen LogP contribution in [-0.4, -0.2) is 11.8 Å². The minimum absolute atomic E-state index is 0.179. The number of benzene rings is 1. The van der Waals surface area contributed by atoms with Crippen LogP contribution in [0.25, 0.3) is 0 Å². The van der Waals surface area contributed by atoms with E-state index in [9.17, 15) is 9.59 Å². The SMILES string of the molecule is C[C@H]1CCc2c(sc(NC(=O)c3cccs3)c2C(=O)Nc2ccc(Cl)cc2)C1. The zero-order valence-electron chi connectivity index (χ0n) is 15.3. The molecule has 0 unspecified atom stereocenters. The number of hydrogen-bond donors (Lipinski definition) is 2. The van der Waals surface area contributed by atoms with Crippen LogP contribution in [0.1, 0.15) is 43.8 Å². The maximum atomic E-state index is 13.1. The van der Waals surface area contributed by atoms with Gasteiger partial charge in [0.2, 0.25) is 0 Å². The van der Waals surface area contributed by atoms with Crippen molar-refractivity contribution in [1.82, 2.24) is 0 Å². The maximum Gasteiger partial charge on any atom is 0.266 e. The van der Waals surface area contributed by atoms with E-state index in [4.69, 9.17) is 11.6 Å². The van der Waals surface area contributed by atoms with E-state index < -0.39 is 0 Å². The molecule has 4 rings (SSSR count). The molecule has 3 aromatic rings. The van der Waals surface area contributed by atoms with Crippen molar-refractivity contribution in [1.29, 1.82) is 0 Å². The van der Waals surface area contributed by atoms with Crippen molar-refractivity contribution in [3.8, 4) is 0 Å². The maximum absolute atomic E-state index is 13.1. The summed E-state index contributed by atoms with van der Waals surface area (Å²) in [6.45, 7) is 2.22. The molecule has 1 aliphatic carbocycles. The van der Waals surface area contributed by atoms with E-state index in [2.05, 4.69) is 17.6 Å². The van der Waals surface area contributed by atoms with Crippen molar-refractivity contribution in [2.24, 2.45) is 5.92 Å². The third-order valence-corrected chi connectivity index (χ3v) is 7.10. The number of rotatable bonds is 4. The van der Waals surface area contributed by atoms with Gasteiger partial charge in [0.25, 0.3) is 11.8 Å². The summed E-state index contributed by atoms with van der Waals surface area (Å²) in [5, 5.41) is 9.02. The molecule has 144 valence electrons. The standard InChI is InChI=1S/C21H19ClN2O2S2/c1-12-4-9-15-17(11-12)28-21(24-19(25)16-3-2-10-27-16)18(15)20(26)23-14-7-5-13(22)6-8-14/h2-3,5-8,10,12H,4,9,11H2,1H3,(H,23,26)(H,24,25)/t12-/m0/s1. The Morgan fingerprint density at radius 3 is 2.61 bits per heavy atom. The summed E-state index contributed by atoms with van der Waals surface area (Å²) in [6.07, 6.45) is 2.84. The van der Waals surface area contributed by atoms with Gasteiger partial charge in [-0.2, -0.15) is 0 Å². The van der Waals surface area contributed by atoms with Gasteiger partial charge in [-0.05, 0) is 66.5 Å². The van der Waals surface area contributed by atoms with Crippen molar-refractivity contribution in [2.45, 2.75) is 26.2 Å². The lowest BCUT2D eigenvalue weighted by Gasteiger charge is -2.18. The average molecular weight is 431 g/mol. The molecule has 28 heavy (non-hydrogen) atoms. The average Bonchev–Trinajstić information content (AvgIpc) is 3.31. The number of halogens is 1. The van der Waals surface area contributed by atoms with Crippen molar-refractivity contribution in [3.05, 3.63) is 67.7 Å². The van der Waals surface area contributed by atoms with Crippen molar-refractivity contribution in [3.63, 3.8) is 0 Å². The summed E-state index contributed by atoms with van der Waals surface area (Å²) < 4.78 is 0. The first-order valence-corrected chi connectivity index (χ1v) is 11.1. The molecule has 0 radical (unpaired) electrons. The van der Waals surface area contributed by atoms with E-state index in [-0.39, 0.29) is 11.8 Å². The summed E-state index contributed by atoms with van der Waals surface area (Å²) in [7, 11) is 0. The number of fused-ring (bicyclic) bond motifs is 1. The highest BCUT2D eigenvalue weighted by molar-refractivity contribution is 7.17. The topological polar surface area (TPSA) is 58.2 Å². The fourth-order valence-electron chi connectivity index (χ4n) is 3.38. The number of carbonyl (C=O) groups is 2. The number of hydrogen-bond acceptors (Lipinski definition) is 4. The minimum Gasteiger partial charge on any atom is -0.322 e. The molecule has 2 N–H and O–H groups in total. The van der Waals surface area contributed by atoms with Gasteiger partial charge in [0, 0.05) is 15.6 Å². The molecule has 1 aliphatic rings. The molecule has 2 amide bonds. The van der Waals surface area contributed by atoms with E-state index >= 15 is 0 Å². The Morgan fingerprint density at radius 1 is 1.11 bits per heavy atom. The van der Waals surface area contributed by atoms with Crippen LogP contribution in [0.2, 0.25) is 5.02 Å². The quantitative estimate of drug-likeness (QED) is 0.526. The van der Waals surface area contributed by atoms with Gasteiger partial charge in [0.1, 0.15) is 5.00 Å². The Hall–Kier alpha value is -2.15. The minimum atomic E-state index is -0.198. The van der Waals surface area contributed by atoms with Crippen LogP contribution in [0.5, 0.6) is 0 Å². The van der Waals surface area contributed by atoms with Crippen LogP contribution >= 0.6 is 34.3 Å². The van der Waals surface area contributed by atoms with Gasteiger partial charge in [0.15, 0.2) is 0 Å². The number of carbonyl (C=O) groups excluding carboxylic acids is 2. The number of amides is 2. The molecule has 4 nitrogen and oxygen atoms in total. The summed E-state index contributed by atoms with van der Waals surface area (Å²) >= 11 is 8.84. The number of anilines is 2. The number of nitrogens with one attached hydrogen (secondary N) is 2. The van der Waals surface area contributed by atoms with Gasteiger partial charge in [-0.1, -0.05) is 24.6 Å². The highest BCUT2D eigenvalue weighted by Crippen LogP contribution is 2.40.